The Morgan fingerprint density at radius 2 is 1.96 bits per heavy atom. The highest BCUT2D eigenvalue weighted by Crippen LogP contribution is 2.28. The van der Waals surface area contributed by atoms with Gasteiger partial charge in [0.1, 0.15) is 5.76 Å². The molecule has 2 aliphatic rings. The maximum atomic E-state index is 12.8. The lowest BCUT2D eigenvalue weighted by Crippen LogP contribution is -2.42. The molecule has 1 unspecified atom stereocenters. The first-order valence-corrected chi connectivity index (χ1v) is 12.4. The zero-order chi connectivity index (χ0) is 19.1. The summed E-state index contributed by atoms with van der Waals surface area (Å²) in [4.78, 5) is 4.49. The second-order valence-corrected chi connectivity index (χ2v) is 11.6. The number of oxazole rings is 1. The molecular weight excluding hydrogens is 388 g/mol. The van der Waals surface area contributed by atoms with Crippen LogP contribution in [0.15, 0.2) is 34.7 Å². The maximum Gasteiger partial charge on any atom is 0.218 e. The normalized spacial score (nSPS) is 22.6. The van der Waals surface area contributed by atoms with Crippen LogP contribution in [0.2, 0.25) is 0 Å². The minimum atomic E-state index is -3.65. The van der Waals surface area contributed by atoms with Crippen LogP contribution in [-0.4, -0.2) is 49.4 Å². The van der Waals surface area contributed by atoms with Crippen molar-refractivity contribution in [3.63, 3.8) is 0 Å². The van der Waals surface area contributed by atoms with E-state index in [1.165, 1.54) is 9.87 Å². The highest BCUT2D eigenvalue weighted by atomic mass is 32.2. The molecule has 0 radical (unpaired) electrons. The van der Waals surface area contributed by atoms with Crippen molar-refractivity contribution < 1.29 is 21.3 Å². The Morgan fingerprint density at radius 1 is 1.19 bits per heavy atom. The topological polar surface area (TPSA) is 97.5 Å². The number of fused-ring (bicyclic) bond motifs is 1. The first-order chi connectivity index (χ1) is 12.8. The van der Waals surface area contributed by atoms with Crippen molar-refractivity contribution in [2.24, 2.45) is 0 Å². The summed E-state index contributed by atoms with van der Waals surface area (Å²) < 4.78 is 56.1. The molecule has 1 aromatic heterocycles. The molecule has 7 nitrogen and oxygen atoms in total. The van der Waals surface area contributed by atoms with Crippen LogP contribution in [0.5, 0.6) is 0 Å². The fourth-order valence-corrected chi connectivity index (χ4v) is 8.14. The number of sulfonamides is 1. The first-order valence-electron chi connectivity index (χ1n) is 9.04. The van der Waals surface area contributed by atoms with E-state index in [-0.39, 0.29) is 24.5 Å². The molecule has 0 saturated carbocycles. The van der Waals surface area contributed by atoms with E-state index in [4.69, 9.17) is 4.42 Å². The molecule has 0 bridgehead atoms. The van der Waals surface area contributed by atoms with Gasteiger partial charge in [-0.05, 0) is 18.4 Å². The number of aryl methyl sites for hydroxylation is 2. The largest absolute Gasteiger partial charge is 0.445 e. The molecule has 2 aromatic rings. The Kier molecular flexibility index (Phi) is 4.85. The van der Waals surface area contributed by atoms with E-state index in [2.05, 4.69) is 4.98 Å². The molecule has 0 spiro atoms. The first kappa shape index (κ1) is 18.6. The van der Waals surface area contributed by atoms with Crippen molar-refractivity contribution in [2.75, 3.05) is 18.1 Å². The second-order valence-electron chi connectivity index (χ2n) is 7.12. The number of sulfone groups is 1. The summed E-state index contributed by atoms with van der Waals surface area (Å²) in [5, 5.41) is -0.839. The molecule has 146 valence electrons. The Bertz CT molecular complexity index is 1030. The fraction of sp³-hybridized carbons (Fsp3) is 0.500. The standard InChI is InChI=1S/C18H22N2O5S2/c21-26(22)11-9-15(13-26)27(23,24)20-10-8-17-16(12-20)19-18(25-17)7-6-14-4-2-1-3-5-14/h1-5,15H,6-13H2. The number of nitrogens with zero attached hydrogens (tertiary/aromatic N) is 2. The van der Waals surface area contributed by atoms with Crippen LogP contribution >= 0.6 is 0 Å². The summed E-state index contributed by atoms with van der Waals surface area (Å²) in [6.45, 7) is 0.461. The molecule has 0 aliphatic carbocycles. The zero-order valence-electron chi connectivity index (χ0n) is 14.9. The molecule has 4 rings (SSSR count). The minimum absolute atomic E-state index is 0.0520. The zero-order valence-corrected chi connectivity index (χ0v) is 16.5. The Hall–Kier alpha value is -1.71. The van der Waals surface area contributed by atoms with Gasteiger partial charge in [-0.15, -0.1) is 0 Å². The molecular formula is C18H22N2O5S2. The molecule has 3 heterocycles. The van der Waals surface area contributed by atoms with Crippen LogP contribution in [0.4, 0.5) is 0 Å². The van der Waals surface area contributed by atoms with Crippen molar-refractivity contribution in [3.8, 4) is 0 Å². The average molecular weight is 411 g/mol. The van der Waals surface area contributed by atoms with Crippen molar-refractivity contribution in [1.29, 1.82) is 0 Å². The van der Waals surface area contributed by atoms with Gasteiger partial charge in [0.25, 0.3) is 0 Å². The third-order valence-electron chi connectivity index (χ3n) is 5.18. The van der Waals surface area contributed by atoms with Gasteiger partial charge in [-0.25, -0.2) is 21.8 Å². The summed E-state index contributed by atoms with van der Waals surface area (Å²) >= 11 is 0. The van der Waals surface area contributed by atoms with E-state index in [9.17, 15) is 16.8 Å². The SMILES string of the molecule is O=S1(=O)CCC(S(=O)(=O)N2CCc3oc(CCc4ccccc4)nc3C2)C1. The maximum absolute atomic E-state index is 12.8. The lowest BCUT2D eigenvalue weighted by molar-refractivity contribution is 0.353. The van der Waals surface area contributed by atoms with Gasteiger partial charge in [-0.3, -0.25) is 0 Å². The van der Waals surface area contributed by atoms with Gasteiger partial charge in [0, 0.05) is 19.4 Å². The third-order valence-corrected chi connectivity index (χ3v) is 9.43. The monoisotopic (exact) mass is 410 g/mol. The lowest BCUT2D eigenvalue weighted by atomic mass is 10.1. The molecule has 0 N–H and O–H groups in total. The number of rotatable bonds is 5. The molecule has 27 heavy (non-hydrogen) atoms. The van der Waals surface area contributed by atoms with Crippen LogP contribution < -0.4 is 0 Å². The fourth-order valence-electron chi connectivity index (χ4n) is 3.65. The number of hydrogen-bond donors (Lipinski definition) is 0. The molecule has 1 fully saturated rings. The van der Waals surface area contributed by atoms with Gasteiger partial charge in [0.05, 0.1) is 29.0 Å². The van der Waals surface area contributed by atoms with Crippen LogP contribution in [0.3, 0.4) is 0 Å². The minimum Gasteiger partial charge on any atom is -0.445 e. The quantitative estimate of drug-likeness (QED) is 0.738. The second kappa shape index (κ2) is 7.03. The van der Waals surface area contributed by atoms with Crippen molar-refractivity contribution in [3.05, 3.63) is 53.2 Å². The Labute approximate surface area is 159 Å². The summed E-state index contributed by atoms with van der Waals surface area (Å²) in [6, 6.07) is 10.0. The summed E-state index contributed by atoms with van der Waals surface area (Å²) in [7, 11) is -6.90. The van der Waals surface area contributed by atoms with E-state index in [1.54, 1.807) is 0 Å². The van der Waals surface area contributed by atoms with Crippen molar-refractivity contribution >= 4 is 19.9 Å². The number of hydrogen-bond acceptors (Lipinski definition) is 6. The predicted octanol–water partition coefficient (Wildman–Crippen LogP) is 1.33. The molecule has 1 saturated heterocycles. The van der Waals surface area contributed by atoms with Crippen LogP contribution in [0.1, 0.15) is 29.3 Å². The van der Waals surface area contributed by atoms with E-state index in [1.807, 2.05) is 30.3 Å². The van der Waals surface area contributed by atoms with Gasteiger partial charge >= 0.3 is 0 Å². The highest BCUT2D eigenvalue weighted by Gasteiger charge is 2.42. The van der Waals surface area contributed by atoms with Crippen LogP contribution in [0.25, 0.3) is 0 Å². The van der Waals surface area contributed by atoms with Crippen molar-refractivity contribution in [2.45, 2.75) is 37.5 Å². The molecule has 9 heteroatoms. The van der Waals surface area contributed by atoms with E-state index in [0.29, 0.717) is 31.0 Å². The van der Waals surface area contributed by atoms with E-state index >= 15 is 0 Å². The van der Waals surface area contributed by atoms with E-state index < -0.39 is 25.1 Å². The highest BCUT2D eigenvalue weighted by molar-refractivity contribution is 7.95. The van der Waals surface area contributed by atoms with Gasteiger partial charge in [0.2, 0.25) is 10.0 Å². The number of aromatic nitrogens is 1. The van der Waals surface area contributed by atoms with Crippen molar-refractivity contribution in [1.82, 2.24) is 9.29 Å². The summed E-state index contributed by atoms with van der Waals surface area (Å²) in [6.07, 6.45) is 2.11. The third kappa shape index (κ3) is 3.95. The number of benzene rings is 1. The van der Waals surface area contributed by atoms with Gasteiger partial charge in [-0.2, -0.15) is 4.31 Å². The predicted molar refractivity (Wildman–Crippen MR) is 100 cm³/mol. The van der Waals surface area contributed by atoms with Gasteiger partial charge in [-0.1, -0.05) is 30.3 Å². The van der Waals surface area contributed by atoms with Gasteiger partial charge < -0.3 is 4.42 Å². The molecule has 2 aliphatic heterocycles. The molecule has 1 atom stereocenters. The smallest absolute Gasteiger partial charge is 0.218 e. The van der Waals surface area contributed by atoms with E-state index in [0.717, 1.165) is 12.2 Å². The lowest BCUT2D eigenvalue weighted by Gasteiger charge is -2.27. The Morgan fingerprint density at radius 3 is 2.67 bits per heavy atom. The molecule has 1 aromatic carbocycles. The summed E-state index contributed by atoms with van der Waals surface area (Å²) in [5.74, 6) is 1.03. The van der Waals surface area contributed by atoms with Crippen LogP contribution in [-0.2, 0) is 45.7 Å². The summed E-state index contributed by atoms with van der Waals surface area (Å²) in [5.41, 5.74) is 1.84. The Balaban J connectivity index is 1.45. The average Bonchev–Trinajstić information content (AvgIpc) is 3.23. The van der Waals surface area contributed by atoms with Gasteiger partial charge in [0.15, 0.2) is 15.7 Å². The van der Waals surface area contributed by atoms with Crippen LogP contribution in [0, 0.1) is 0 Å². The molecule has 0 amide bonds.